The molecule has 0 spiro atoms. The van der Waals surface area contributed by atoms with Gasteiger partial charge >= 0.3 is 18.0 Å². The van der Waals surface area contributed by atoms with Gasteiger partial charge in [-0.25, -0.2) is 0 Å². The molecule has 1 saturated heterocycles. The highest BCUT2D eigenvalue weighted by atomic mass is 19.4. The van der Waals surface area contributed by atoms with Crippen molar-refractivity contribution < 1.29 is 40.2 Å². The van der Waals surface area contributed by atoms with E-state index in [0.29, 0.717) is 19.6 Å². The number of hydrogen-bond acceptors (Lipinski definition) is 2. The van der Waals surface area contributed by atoms with Crippen LogP contribution in [-0.2, 0) is 9.47 Å². The van der Waals surface area contributed by atoms with Gasteiger partial charge in [0.25, 0.3) is 0 Å². The summed E-state index contributed by atoms with van der Waals surface area (Å²) < 4.78 is 98.9. The molecule has 1 aliphatic heterocycles. The Balaban J connectivity index is 1.91. The zero-order valence-electron chi connectivity index (χ0n) is 16.9. The van der Waals surface area contributed by atoms with Crippen LogP contribution in [0.25, 0.3) is 0 Å². The molecule has 1 unspecified atom stereocenters. The van der Waals surface area contributed by atoms with Gasteiger partial charge in [-0.15, -0.1) is 0 Å². The molecule has 0 aromatic heterocycles. The number of hydrogen-bond donors (Lipinski definition) is 0. The molecule has 1 fully saturated rings. The summed E-state index contributed by atoms with van der Waals surface area (Å²) in [5.74, 6) is -11.0. The Kier molecular flexibility index (Phi) is 11.8. The average Bonchev–Trinajstić information content (AvgIpc) is 2.65. The molecule has 0 amide bonds. The molecule has 0 saturated carbocycles. The lowest BCUT2D eigenvalue weighted by Gasteiger charge is -2.28. The van der Waals surface area contributed by atoms with Crippen molar-refractivity contribution in [1.29, 1.82) is 0 Å². The Hall–Kier alpha value is -0.570. The minimum atomic E-state index is -6.23. The van der Waals surface area contributed by atoms with Crippen molar-refractivity contribution in [3.05, 3.63) is 0 Å². The summed E-state index contributed by atoms with van der Waals surface area (Å²) >= 11 is 0. The van der Waals surface area contributed by atoms with Crippen molar-refractivity contribution in [3.63, 3.8) is 0 Å². The van der Waals surface area contributed by atoms with Crippen molar-refractivity contribution in [2.75, 3.05) is 19.8 Å². The lowest BCUT2D eigenvalue weighted by molar-refractivity contribution is -0.355. The van der Waals surface area contributed by atoms with E-state index in [1.165, 1.54) is 6.42 Å². The monoisotopic (exact) mass is 438 g/mol. The van der Waals surface area contributed by atoms with Gasteiger partial charge in [0.1, 0.15) is 0 Å². The fourth-order valence-electron chi connectivity index (χ4n) is 3.31. The van der Waals surface area contributed by atoms with Gasteiger partial charge in [-0.05, 0) is 32.1 Å². The summed E-state index contributed by atoms with van der Waals surface area (Å²) in [7, 11) is 0. The molecule has 1 rings (SSSR count). The van der Waals surface area contributed by atoms with Gasteiger partial charge in [-0.1, -0.05) is 44.9 Å². The van der Waals surface area contributed by atoms with Crippen molar-refractivity contribution >= 4 is 0 Å². The summed E-state index contributed by atoms with van der Waals surface area (Å²) in [4.78, 5) is 0. The van der Waals surface area contributed by atoms with Gasteiger partial charge in [-0.3, -0.25) is 0 Å². The second kappa shape index (κ2) is 13.0. The molecule has 174 valence electrons. The molecule has 0 radical (unpaired) electrons. The van der Waals surface area contributed by atoms with Crippen LogP contribution in [0.2, 0.25) is 0 Å². The van der Waals surface area contributed by atoms with Crippen LogP contribution in [0.15, 0.2) is 0 Å². The minimum absolute atomic E-state index is 0.223. The third kappa shape index (κ3) is 9.85. The van der Waals surface area contributed by atoms with Gasteiger partial charge in [-0.2, -0.15) is 30.7 Å². The van der Waals surface area contributed by atoms with E-state index in [1.807, 2.05) is 0 Å². The van der Waals surface area contributed by atoms with E-state index in [2.05, 4.69) is 0 Å². The average molecular weight is 438 g/mol. The topological polar surface area (TPSA) is 18.5 Å². The van der Waals surface area contributed by atoms with Gasteiger partial charge in [0, 0.05) is 19.6 Å². The third-order valence-corrected chi connectivity index (χ3v) is 5.17. The molecule has 9 heteroatoms. The van der Waals surface area contributed by atoms with Gasteiger partial charge in [0.05, 0.1) is 12.7 Å². The van der Waals surface area contributed by atoms with Gasteiger partial charge in [0.15, 0.2) is 0 Å². The van der Waals surface area contributed by atoms with E-state index in [1.54, 1.807) is 0 Å². The fraction of sp³-hybridized carbons (Fsp3) is 1.00. The van der Waals surface area contributed by atoms with Crippen molar-refractivity contribution in [3.8, 4) is 0 Å². The van der Waals surface area contributed by atoms with E-state index in [0.717, 1.165) is 58.0 Å². The standard InChI is InChI=1S/C20H33F7O2/c21-18(22,19(23,24)20(25,26)27)13-9-6-4-2-1-3-5-7-10-14-28-16-17-12-8-11-15-29-17/h17H,1-16H2. The van der Waals surface area contributed by atoms with E-state index < -0.39 is 24.4 Å². The van der Waals surface area contributed by atoms with E-state index in [4.69, 9.17) is 9.47 Å². The Morgan fingerprint density at radius 2 is 1.28 bits per heavy atom. The molecular formula is C20H33F7O2. The van der Waals surface area contributed by atoms with Crippen LogP contribution in [0.3, 0.4) is 0 Å². The fourth-order valence-corrected chi connectivity index (χ4v) is 3.31. The lowest BCUT2D eigenvalue weighted by Crippen LogP contribution is -2.51. The second-order valence-corrected chi connectivity index (χ2v) is 7.77. The quantitative estimate of drug-likeness (QED) is 0.197. The van der Waals surface area contributed by atoms with Crippen molar-refractivity contribution in [1.82, 2.24) is 0 Å². The Bertz CT molecular complexity index is 422. The summed E-state index contributed by atoms with van der Waals surface area (Å²) in [6.07, 6.45) is 2.00. The number of alkyl halides is 7. The Morgan fingerprint density at radius 3 is 1.79 bits per heavy atom. The van der Waals surface area contributed by atoms with Gasteiger partial charge < -0.3 is 9.47 Å². The third-order valence-electron chi connectivity index (χ3n) is 5.17. The molecule has 1 atom stereocenters. The first-order valence-corrected chi connectivity index (χ1v) is 10.6. The van der Waals surface area contributed by atoms with Crippen molar-refractivity contribution in [2.24, 2.45) is 0 Å². The number of rotatable bonds is 15. The van der Waals surface area contributed by atoms with Gasteiger partial charge in [0.2, 0.25) is 0 Å². The molecule has 0 aromatic rings. The summed E-state index contributed by atoms with van der Waals surface area (Å²) in [6, 6.07) is 0. The molecule has 0 bridgehead atoms. The van der Waals surface area contributed by atoms with Crippen LogP contribution in [0.5, 0.6) is 0 Å². The number of ether oxygens (including phenoxy) is 2. The zero-order valence-corrected chi connectivity index (χ0v) is 16.9. The molecule has 1 aliphatic rings. The van der Waals surface area contributed by atoms with E-state index in [-0.39, 0.29) is 18.9 Å². The van der Waals surface area contributed by atoms with Crippen LogP contribution < -0.4 is 0 Å². The molecule has 2 nitrogen and oxygen atoms in total. The van der Waals surface area contributed by atoms with Crippen LogP contribution in [0, 0.1) is 0 Å². The highest BCUT2D eigenvalue weighted by Gasteiger charge is 2.72. The first-order valence-electron chi connectivity index (χ1n) is 10.6. The summed E-state index contributed by atoms with van der Waals surface area (Å²) in [6.45, 7) is 2.17. The van der Waals surface area contributed by atoms with Crippen molar-refractivity contribution in [2.45, 2.75) is 108 Å². The lowest BCUT2D eigenvalue weighted by atomic mass is 10.0. The molecular weight excluding hydrogens is 405 g/mol. The normalized spacial score (nSPS) is 18.9. The summed E-state index contributed by atoms with van der Waals surface area (Å²) in [5, 5.41) is 0. The highest BCUT2D eigenvalue weighted by molar-refractivity contribution is 4.90. The van der Waals surface area contributed by atoms with E-state index in [9.17, 15) is 30.7 Å². The van der Waals surface area contributed by atoms with Crippen LogP contribution in [0.4, 0.5) is 30.7 Å². The highest BCUT2D eigenvalue weighted by Crippen LogP contribution is 2.48. The Labute approximate surface area is 168 Å². The molecule has 0 aliphatic carbocycles. The minimum Gasteiger partial charge on any atom is -0.379 e. The zero-order chi connectivity index (χ0) is 21.8. The van der Waals surface area contributed by atoms with Crippen LogP contribution in [-0.4, -0.2) is 43.9 Å². The predicted molar refractivity (Wildman–Crippen MR) is 96.5 cm³/mol. The number of unbranched alkanes of at least 4 members (excludes halogenated alkanes) is 8. The smallest absolute Gasteiger partial charge is 0.379 e. The van der Waals surface area contributed by atoms with Crippen LogP contribution in [0.1, 0.15) is 83.5 Å². The molecule has 0 aromatic carbocycles. The molecule has 29 heavy (non-hydrogen) atoms. The maximum atomic E-state index is 13.1. The molecule has 0 N–H and O–H groups in total. The maximum Gasteiger partial charge on any atom is 0.459 e. The van der Waals surface area contributed by atoms with E-state index >= 15 is 0 Å². The predicted octanol–water partition coefficient (Wildman–Crippen LogP) is 7.31. The van der Waals surface area contributed by atoms with Crippen LogP contribution >= 0.6 is 0 Å². The molecule has 1 heterocycles. The first kappa shape index (κ1) is 26.5. The maximum absolute atomic E-state index is 13.1. The Morgan fingerprint density at radius 1 is 0.724 bits per heavy atom. The summed E-state index contributed by atoms with van der Waals surface area (Å²) in [5.41, 5.74) is 0. The SMILES string of the molecule is FC(F)(F)C(F)(F)C(F)(F)CCCCCCCCCCCOCC1CCCCO1. The number of halogens is 7. The second-order valence-electron chi connectivity index (χ2n) is 7.77. The largest absolute Gasteiger partial charge is 0.459 e. The first-order chi connectivity index (χ1) is 13.6.